The fourth-order valence-electron chi connectivity index (χ4n) is 0.858. The Kier molecular flexibility index (Phi) is 5.43. The van der Waals surface area contributed by atoms with Gasteiger partial charge in [0.15, 0.2) is 0 Å². The molecule has 1 atom stereocenters. The number of allylic oxidation sites excluding steroid dienone is 1. The number of esters is 1. The van der Waals surface area contributed by atoms with Crippen molar-refractivity contribution in [1.82, 2.24) is 0 Å². The van der Waals surface area contributed by atoms with Crippen molar-refractivity contribution < 1.29 is 9.53 Å². The molecule has 0 fully saturated rings. The minimum absolute atomic E-state index is 0.196. The quantitative estimate of drug-likeness (QED) is 0.478. The fourth-order valence-corrected chi connectivity index (χ4v) is 0.858. The van der Waals surface area contributed by atoms with E-state index < -0.39 is 0 Å². The van der Waals surface area contributed by atoms with Crippen LogP contribution in [0.2, 0.25) is 0 Å². The Balaban J connectivity index is 4.07. The van der Waals surface area contributed by atoms with Gasteiger partial charge in [0.1, 0.15) is 0 Å². The highest BCUT2D eigenvalue weighted by Gasteiger charge is 2.05. The molecule has 0 bridgehead atoms. The van der Waals surface area contributed by atoms with Crippen LogP contribution in [0.3, 0.4) is 0 Å². The average molecular weight is 170 g/mol. The number of ether oxygens (including phenoxy) is 1. The molecular weight excluding hydrogens is 152 g/mol. The van der Waals surface area contributed by atoms with Crippen LogP contribution in [0.4, 0.5) is 0 Å². The molecule has 0 aliphatic rings. The molecule has 0 amide bonds. The van der Waals surface area contributed by atoms with Crippen molar-refractivity contribution in [3.8, 4) is 0 Å². The molecule has 0 aromatic heterocycles. The van der Waals surface area contributed by atoms with Crippen LogP contribution < -0.4 is 0 Å². The van der Waals surface area contributed by atoms with Crippen LogP contribution in [0, 0.1) is 5.92 Å². The van der Waals surface area contributed by atoms with Gasteiger partial charge >= 0.3 is 5.97 Å². The standard InChI is InChI=1S/C10H18O2/c1-5-8(3)7-9(4)10(11)12-6-2/h7-8H,5-6H2,1-4H3/b9-7+. The minimum atomic E-state index is -0.196. The zero-order valence-electron chi connectivity index (χ0n) is 8.39. The summed E-state index contributed by atoms with van der Waals surface area (Å²) < 4.78 is 4.84. The van der Waals surface area contributed by atoms with E-state index in [1.54, 1.807) is 6.92 Å². The summed E-state index contributed by atoms with van der Waals surface area (Å²) in [6.07, 6.45) is 3.01. The predicted octanol–water partition coefficient (Wildman–Crippen LogP) is 2.54. The van der Waals surface area contributed by atoms with Gasteiger partial charge in [-0.1, -0.05) is 26.3 Å². The molecule has 12 heavy (non-hydrogen) atoms. The van der Waals surface area contributed by atoms with Crippen molar-refractivity contribution in [3.05, 3.63) is 11.6 Å². The van der Waals surface area contributed by atoms with Crippen LogP contribution in [-0.4, -0.2) is 12.6 Å². The number of hydrogen-bond acceptors (Lipinski definition) is 2. The molecule has 2 heteroatoms. The second kappa shape index (κ2) is 5.81. The van der Waals surface area contributed by atoms with Crippen molar-refractivity contribution >= 4 is 5.97 Å². The van der Waals surface area contributed by atoms with Gasteiger partial charge in [-0.25, -0.2) is 4.79 Å². The number of carbonyl (C=O) groups is 1. The summed E-state index contributed by atoms with van der Waals surface area (Å²) in [4.78, 5) is 11.1. The van der Waals surface area contributed by atoms with Gasteiger partial charge in [-0.2, -0.15) is 0 Å². The Morgan fingerprint density at radius 2 is 2.08 bits per heavy atom. The lowest BCUT2D eigenvalue weighted by atomic mass is 10.1. The van der Waals surface area contributed by atoms with Gasteiger partial charge < -0.3 is 4.74 Å². The van der Waals surface area contributed by atoms with Gasteiger partial charge in [-0.3, -0.25) is 0 Å². The maximum atomic E-state index is 11.1. The summed E-state index contributed by atoms with van der Waals surface area (Å²) in [5, 5.41) is 0. The summed E-state index contributed by atoms with van der Waals surface area (Å²) >= 11 is 0. The van der Waals surface area contributed by atoms with E-state index in [2.05, 4.69) is 13.8 Å². The summed E-state index contributed by atoms with van der Waals surface area (Å²) in [5.74, 6) is 0.257. The van der Waals surface area contributed by atoms with E-state index in [0.29, 0.717) is 18.1 Å². The van der Waals surface area contributed by atoms with Gasteiger partial charge in [0.05, 0.1) is 6.61 Å². The Labute approximate surface area is 74.6 Å². The van der Waals surface area contributed by atoms with Crippen molar-refractivity contribution in [2.75, 3.05) is 6.61 Å². The van der Waals surface area contributed by atoms with Gasteiger partial charge in [-0.05, 0) is 19.8 Å². The second-order valence-corrected chi connectivity index (χ2v) is 2.96. The Morgan fingerprint density at radius 3 is 2.50 bits per heavy atom. The normalized spacial score (nSPS) is 14.2. The van der Waals surface area contributed by atoms with Crippen molar-refractivity contribution in [2.45, 2.75) is 34.1 Å². The third-order valence-electron chi connectivity index (χ3n) is 1.78. The fraction of sp³-hybridized carbons (Fsp3) is 0.700. The van der Waals surface area contributed by atoms with E-state index in [1.807, 2.05) is 13.0 Å². The molecule has 0 aliphatic carbocycles. The first-order valence-electron chi connectivity index (χ1n) is 4.47. The molecule has 1 unspecified atom stereocenters. The Bertz CT molecular complexity index is 171. The van der Waals surface area contributed by atoms with Crippen LogP contribution in [0.1, 0.15) is 34.1 Å². The molecule has 70 valence electrons. The summed E-state index contributed by atoms with van der Waals surface area (Å²) in [6.45, 7) is 8.24. The largest absolute Gasteiger partial charge is 0.463 e. The van der Waals surface area contributed by atoms with Crippen LogP contribution in [0.15, 0.2) is 11.6 Å². The summed E-state index contributed by atoms with van der Waals surface area (Å²) in [6, 6.07) is 0. The summed E-state index contributed by atoms with van der Waals surface area (Å²) in [5.41, 5.74) is 0.714. The SMILES string of the molecule is CCOC(=O)/C(C)=C/C(C)CC. The topological polar surface area (TPSA) is 26.3 Å². The van der Waals surface area contributed by atoms with E-state index in [1.165, 1.54) is 0 Å². The monoisotopic (exact) mass is 170 g/mol. The zero-order chi connectivity index (χ0) is 9.56. The van der Waals surface area contributed by atoms with Gasteiger partial charge in [-0.15, -0.1) is 0 Å². The van der Waals surface area contributed by atoms with Crippen molar-refractivity contribution in [1.29, 1.82) is 0 Å². The molecule has 0 heterocycles. The number of rotatable bonds is 4. The van der Waals surface area contributed by atoms with Crippen LogP contribution in [0.25, 0.3) is 0 Å². The van der Waals surface area contributed by atoms with E-state index in [4.69, 9.17) is 4.74 Å². The lowest BCUT2D eigenvalue weighted by Gasteiger charge is -2.04. The molecule has 0 spiro atoms. The molecular formula is C10H18O2. The van der Waals surface area contributed by atoms with Crippen LogP contribution in [-0.2, 0) is 9.53 Å². The average Bonchev–Trinajstić information content (AvgIpc) is 2.04. The highest BCUT2D eigenvalue weighted by atomic mass is 16.5. The molecule has 2 nitrogen and oxygen atoms in total. The maximum absolute atomic E-state index is 11.1. The zero-order valence-corrected chi connectivity index (χ0v) is 8.39. The molecule has 0 aromatic carbocycles. The van der Waals surface area contributed by atoms with Crippen molar-refractivity contribution in [2.24, 2.45) is 5.92 Å². The van der Waals surface area contributed by atoms with Gasteiger partial charge in [0.2, 0.25) is 0 Å². The van der Waals surface area contributed by atoms with Gasteiger partial charge in [0.25, 0.3) is 0 Å². The van der Waals surface area contributed by atoms with Crippen LogP contribution >= 0.6 is 0 Å². The van der Waals surface area contributed by atoms with E-state index in [-0.39, 0.29) is 5.97 Å². The van der Waals surface area contributed by atoms with E-state index in [9.17, 15) is 4.79 Å². The number of hydrogen-bond donors (Lipinski definition) is 0. The third-order valence-corrected chi connectivity index (χ3v) is 1.78. The molecule has 0 aliphatic heterocycles. The molecule has 0 saturated carbocycles. The second-order valence-electron chi connectivity index (χ2n) is 2.96. The predicted molar refractivity (Wildman–Crippen MR) is 49.8 cm³/mol. The van der Waals surface area contributed by atoms with Crippen molar-refractivity contribution in [3.63, 3.8) is 0 Å². The summed E-state index contributed by atoms with van der Waals surface area (Å²) in [7, 11) is 0. The minimum Gasteiger partial charge on any atom is -0.463 e. The highest BCUT2D eigenvalue weighted by molar-refractivity contribution is 5.87. The van der Waals surface area contributed by atoms with E-state index in [0.717, 1.165) is 6.42 Å². The first-order chi connectivity index (χ1) is 5.61. The first-order valence-corrected chi connectivity index (χ1v) is 4.47. The molecule has 0 rings (SSSR count). The van der Waals surface area contributed by atoms with Gasteiger partial charge in [0, 0.05) is 5.57 Å². The molecule has 0 radical (unpaired) electrons. The third kappa shape index (κ3) is 4.16. The Morgan fingerprint density at radius 1 is 1.50 bits per heavy atom. The molecule has 0 aromatic rings. The van der Waals surface area contributed by atoms with E-state index >= 15 is 0 Å². The maximum Gasteiger partial charge on any atom is 0.333 e. The smallest absolute Gasteiger partial charge is 0.333 e. The van der Waals surface area contributed by atoms with Crippen LogP contribution in [0.5, 0.6) is 0 Å². The highest BCUT2D eigenvalue weighted by Crippen LogP contribution is 2.07. The Hall–Kier alpha value is -0.790. The molecule has 0 N–H and O–H groups in total. The molecule has 0 saturated heterocycles. The first kappa shape index (κ1) is 11.2. The lowest BCUT2D eigenvalue weighted by molar-refractivity contribution is -0.138. The number of carbonyl (C=O) groups excluding carboxylic acids is 1. The lowest BCUT2D eigenvalue weighted by Crippen LogP contribution is -2.06.